The third kappa shape index (κ3) is 2.46. The molecule has 18 heavy (non-hydrogen) atoms. The molecule has 0 amide bonds. The molecular weight excluding hydrogens is 218 g/mol. The van der Waals surface area contributed by atoms with E-state index in [2.05, 4.69) is 64.1 Å². The Morgan fingerprint density at radius 3 is 2.00 bits per heavy atom. The fourth-order valence-corrected chi connectivity index (χ4v) is 2.71. The molecule has 0 bridgehead atoms. The molecule has 1 unspecified atom stereocenters. The first kappa shape index (κ1) is 12.8. The van der Waals surface area contributed by atoms with Crippen LogP contribution in [0.1, 0.15) is 39.4 Å². The standard InChI is InChI=1S/C17H21N/c1-11-6-5-7-15(10-11)17(18)16-13(3)8-12(2)9-14(16)4/h5-10,17H,18H2,1-4H3. The lowest BCUT2D eigenvalue weighted by Gasteiger charge is -2.19. The molecule has 2 aromatic carbocycles. The summed E-state index contributed by atoms with van der Waals surface area (Å²) in [5.41, 5.74) is 14.0. The molecule has 94 valence electrons. The summed E-state index contributed by atoms with van der Waals surface area (Å²) in [5.74, 6) is 0. The summed E-state index contributed by atoms with van der Waals surface area (Å²) in [6.07, 6.45) is 0. The van der Waals surface area contributed by atoms with Gasteiger partial charge in [-0.1, -0.05) is 47.5 Å². The van der Waals surface area contributed by atoms with Crippen molar-refractivity contribution in [3.8, 4) is 0 Å². The molecule has 0 aliphatic heterocycles. The Morgan fingerprint density at radius 2 is 1.44 bits per heavy atom. The molecule has 2 N–H and O–H groups in total. The van der Waals surface area contributed by atoms with Crippen LogP contribution in [0.5, 0.6) is 0 Å². The Balaban J connectivity index is 2.49. The fraction of sp³-hybridized carbons (Fsp3) is 0.294. The molecule has 0 aromatic heterocycles. The van der Waals surface area contributed by atoms with E-state index in [1.165, 1.54) is 33.4 Å². The van der Waals surface area contributed by atoms with Gasteiger partial charge >= 0.3 is 0 Å². The summed E-state index contributed by atoms with van der Waals surface area (Å²) >= 11 is 0. The van der Waals surface area contributed by atoms with Crippen molar-refractivity contribution in [2.75, 3.05) is 0 Å². The number of aryl methyl sites for hydroxylation is 4. The predicted molar refractivity (Wildman–Crippen MR) is 77.9 cm³/mol. The molecule has 0 aliphatic rings. The van der Waals surface area contributed by atoms with Crippen molar-refractivity contribution in [2.45, 2.75) is 33.7 Å². The summed E-state index contributed by atoms with van der Waals surface area (Å²) in [6.45, 7) is 8.52. The van der Waals surface area contributed by atoms with Crippen LogP contribution in [0.3, 0.4) is 0 Å². The number of hydrogen-bond donors (Lipinski definition) is 1. The topological polar surface area (TPSA) is 26.0 Å². The Kier molecular flexibility index (Phi) is 3.53. The average molecular weight is 239 g/mol. The van der Waals surface area contributed by atoms with Crippen LogP contribution in [0.15, 0.2) is 36.4 Å². The first-order valence-corrected chi connectivity index (χ1v) is 6.39. The Hall–Kier alpha value is -1.60. The molecule has 0 saturated carbocycles. The van der Waals surface area contributed by atoms with E-state index in [0.29, 0.717) is 0 Å². The van der Waals surface area contributed by atoms with Gasteiger partial charge < -0.3 is 5.73 Å². The smallest absolute Gasteiger partial charge is 0.0556 e. The highest BCUT2D eigenvalue weighted by Crippen LogP contribution is 2.27. The Bertz CT molecular complexity index is 547. The van der Waals surface area contributed by atoms with Crippen molar-refractivity contribution >= 4 is 0 Å². The quantitative estimate of drug-likeness (QED) is 0.843. The van der Waals surface area contributed by atoms with Gasteiger partial charge in [-0.3, -0.25) is 0 Å². The van der Waals surface area contributed by atoms with Gasteiger partial charge in [0.05, 0.1) is 6.04 Å². The zero-order valence-electron chi connectivity index (χ0n) is 11.6. The minimum absolute atomic E-state index is 0.0366. The zero-order chi connectivity index (χ0) is 13.3. The van der Waals surface area contributed by atoms with Crippen LogP contribution in [0.2, 0.25) is 0 Å². The van der Waals surface area contributed by atoms with Gasteiger partial charge in [0.2, 0.25) is 0 Å². The highest BCUT2D eigenvalue weighted by molar-refractivity contribution is 5.44. The van der Waals surface area contributed by atoms with Gasteiger partial charge in [-0.15, -0.1) is 0 Å². The van der Waals surface area contributed by atoms with Gasteiger partial charge in [-0.2, -0.15) is 0 Å². The summed E-state index contributed by atoms with van der Waals surface area (Å²) in [5, 5.41) is 0. The molecule has 0 radical (unpaired) electrons. The van der Waals surface area contributed by atoms with E-state index in [-0.39, 0.29) is 6.04 Å². The van der Waals surface area contributed by atoms with Gasteiger partial charge in [0.1, 0.15) is 0 Å². The van der Waals surface area contributed by atoms with Gasteiger partial charge in [0, 0.05) is 0 Å². The van der Waals surface area contributed by atoms with Gasteiger partial charge in [-0.25, -0.2) is 0 Å². The Labute approximate surface area is 110 Å². The van der Waals surface area contributed by atoms with Crippen molar-refractivity contribution in [3.05, 3.63) is 69.8 Å². The first-order valence-electron chi connectivity index (χ1n) is 6.39. The van der Waals surface area contributed by atoms with Crippen molar-refractivity contribution in [1.29, 1.82) is 0 Å². The van der Waals surface area contributed by atoms with Crippen molar-refractivity contribution in [3.63, 3.8) is 0 Å². The number of nitrogens with two attached hydrogens (primary N) is 1. The largest absolute Gasteiger partial charge is 0.320 e. The van der Waals surface area contributed by atoms with E-state index in [9.17, 15) is 0 Å². The average Bonchev–Trinajstić information content (AvgIpc) is 2.27. The SMILES string of the molecule is Cc1cccc(C(N)c2c(C)cc(C)cc2C)c1. The third-order valence-electron chi connectivity index (χ3n) is 3.45. The summed E-state index contributed by atoms with van der Waals surface area (Å²) in [4.78, 5) is 0. The van der Waals surface area contributed by atoms with E-state index in [1.54, 1.807) is 0 Å². The minimum Gasteiger partial charge on any atom is -0.320 e. The lowest BCUT2D eigenvalue weighted by Crippen LogP contribution is -2.15. The molecule has 2 aromatic rings. The van der Waals surface area contributed by atoms with E-state index >= 15 is 0 Å². The Morgan fingerprint density at radius 1 is 0.833 bits per heavy atom. The van der Waals surface area contributed by atoms with Crippen LogP contribution < -0.4 is 5.73 Å². The molecule has 1 heteroatoms. The molecule has 0 spiro atoms. The number of hydrogen-bond acceptors (Lipinski definition) is 1. The van der Waals surface area contributed by atoms with Crippen LogP contribution >= 0.6 is 0 Å². The fourth-order valence-electron chi connectivity index (χ4n) is 2.71. The summed E-state index contributed by atoms with van der Waals surface area (Å²) < 4.78 is 0. The normalized spacial score (nSPS) is 12.5. The predicted octanol–water partition coefficient (Wildman–Crippen LogP) is 3.97. The molecular formula is C17H21N. The summed E-state index contributed by atoms with van der Waals surface area (Å²) in [7, 11) is 0. The maximum Gasteiger partial charge on any atom is 0.0556 e. The number of rotatable bonds is 2. The van der Waals surface area contributed by atoms with Gasteiger partial charge in [0.25, 0.3) is 0 Å². The molecule has 0 saturated heterocycles. The second-order valence-electron chi connectivity index (χ2n) is 5.20. The van der Waals surface area contributed by atoms with Crippen molar-refractivity contribution in [1.82, 2.24) is 0 Å². The lowest BCUT2D eigenvalue weighted by molar-refractivity contribution is 0.849. The van der Waals surface area contributed by atoms with E-state index < -0.39 is 0 Å². The molecule has 0 fully saturated rings. The van der Waals surface area contributed by atoms with Crippen LogP contribution in [0.25, 0.3) is 0 Å². The van der Waals surface area contributed by atoms with E-state index in [4.69, 9.17) is 5.73 Å². The second kappa shape index (κ2) is 4.95. The molecule has 2 rings (SSSR count). The molecule has 0 heterocycles. The van der Waals surface area contributed by atoms with Crippen LogP contribution in [0, 0.1) is 27.7 Å². The van der Waals surface area contributed by atoms with Gasteiger partial charge in [-0.05, 0) is 49.9 Å². The van der Waals surface area contributed by atoms with Crippen LogP contribution in [-0.4, -0.2) is 0 Å². The van der Waals surface area contributed by atoms with Crippen LogP contribution in [0.4, 0.5) is 0 Å². The van der Waals surface area contributed by atoms with E-state index in [0.717, 1.165) is 0 Å². The van der Waals surface area contributed by atoms with Gasteiger partial charge in [0.15, 0.2) is 0 Å². The zero-order valence-corrected chi connectivity index (χ0v) is 11.6. The van der Waals surface area contributed by atoms with E-state index in [1.807, 2.05) is 0 Å². The van der Waals surface area contributed by atoms with Crippen molar-refractivity contribution < 1.29 is 0 Å². The highest BCUT2D eigenvalue weighted by Gasteiger charge is 2.14. The summed E-state index contributed by atoms with van der Waals surface area (Å²) in [6, 6.07) is 12.8. The number of benzene rings is 2. The van der Waals surface area contributed by atoms with Crippen LogP contribution in [-0.2, 0) is 0 Å². The maximum absolute atomic E-state index is 6.44. The highest BCUT2D eigenvalue weighted by atomic mass is 14.6. The maximum atomic E-state index is 6.44. The molecule has 1 nitrogen and oxygen atoms in total. The minimum atomic E-state index is -0.0366. The second-order valence-corrected chi connectivity index (χ2v) is 5.20. The van der Waals surface area contributed by atoms with Crippen molar-refractivity contribution in [2.24, 2.45) is 5.73 Å². The molecule has 1 atom stereocenters. The first-order chi connectivity index (χ1) is 8.49. The third-order valence-corrected chi connectivity index (χ3v) is 3.45. The monoisotopic (exact) mass is 239 g/mol. The lowest BCUT2D eigenvalue weighted by atomic mass is 9.90. The molecule has 0 aliphatic carbocycles.